The van der Waals surface area contributed by atoms with Crippen molar-refractivity contribution in [2.24, 2.45) is 0 Å². The van der Waals surface area contributed by atoms with Gasteiger partial charge in [0, 0.05) is 12.1 Å². The molecule has 0 aliphatic heterocycles. The largest absolute Gasteiger partial charge is 0.494 e. The summed E-state index contributed by atoms with van der Waals surface area (Å²) in [5.41, 5.74) is 1.42. The maximum absolute atomic E-state index is 5.74. The van der Waals surface area contributed by atoms with Crippen LogP contribution in [0.1, 0.15) is 32.8 Å². The molecule has 18 heavy (non-hydrogen) atoms. The van der Waals surface area contributed by atoms with E-state index >= 15 is 0 Å². The van der Waals surface area contributed by atoms with Crippen LogP contribution in [0, 0.1) is 0 Å². The maximum Gasteiger partial charge on any atom is 0.119 e. The average Bonchev–Trinajstić information content (AvgIpc) is 2.32. The first-order valence-electron chi connectivity index (χ1n) is 6.47. The predicted octanol–water partition coefficient (Wildman–Crippen LogP) is 3.71. The lowest BCUT2D eigenvalue weighted by molar-refractivity contribution is 0.318. The summed E-state index contributed by atoms with van der Waals surface area (Å²) in [6.07, 6.45) is 3.23. The Morgan fingerprint density at radius 2 is 2.06 bits per heavy atom. The van der Waals surface area contributed by atoms with Crippen LogP contribution in [-0.4, -0.2) is 24.2 Å². The van der Waals surface area contributed by atoms with Crippen molar-refractivity contribution in [1.29, 1.82) is 0 Å². The van der Waals surface area contributed by atoms with Crippen LogP contribution in [0.4, 0.5) is 0 Å². The molecular formula is C15H25NOS. The molecule has 102 valence electrons. The minimum Gasteiger partial charge on any atom is -0.494 e. The fourth-order valence-corrected chi connectivity index (χ4v) is 1.91. The van der Waals surface area contributed by atoms with Gasteiger partial charge in [-0.15, -0.1) is 0 Å². The zero-order valence-corrected chi connectivity index (χ0v) is 12.8. The summed E-state index contributed by atoms with van der Waals surface area (Å²) in [7, 11) is 0. The average molecular weight is 267 g/mol. The number of ether oxygens (including phenoxy) is 1. The third kappa shape index (κ3) is 6.92. The molecule has 0 radical (unpaired) electrons. The molecule has 0 amide bonds. The molecule has 1 aromatic carbocycles. The molecule has 0 aliphatic rings. The van der Waals surface area contributed by atoms with Gasteiger partial charge in [-0.25, -0.2) is 0 Å². The number of hydrogen-bond donors (Lipinski definition) is 1. The Hall–Kier alpha value is -0.670. The second-order valence-corrected chi connectivity index (χ2v) is 6.43. The van der Waals surface area contributed by atoms with Gasteiger partial charge in [0.1, 0.15) is 5.75 Å². The van der Waals surface area contributed by atoms with Gasteiger partial charge in [-0.2, -0.15) is 11.8 Å². The molecule has 0 spiro atoms. The van der Waals surface area contributed by atoms with Gasteiger partial charge in [-0.3, -0.25) is 0 Å². The molecule has 0 fully saturated rings. The third-order valence-corrected chi connectivity index (χ3v) is 3.18. The molecule has 0 aliphatic carbocycles. The van der Waals surface area contributed by atoms with E-state index in [1.165, 1.54) is 5.56 Å². The van der Waals surface area contributed by atoms with Crippen molar-refractivity contribution in [1.82, 2.24) is 5.32 Å². The predicted molar refractivity (Wildman–Crippen MR) is 81.5 cm³/mol. The molecule has 1 rings (SSSR count). The van der Waals surface area contributed by atoms with E-state index in [2.05, 4.69) is 50.5 Å². The number of hydrogen-bond acceptors (Lipinski definition) is 3. The molecule has 0 aromatic heterocycles. The summed E-state index contributed by atoms with van der Waals surface area (Å²) >= 11 is 1.86. The van der Waals surface area contributed by atoms with E-state index in [-0.39, 0.29) is 5.54 Å². The van der Waals surface area contributed by atoms with E-state index in [1.54, 1.807) is 0 Å². The normalized spacial score (nSPS) is 11.6. The lowest BCUT2D eigenvalue weighted by Crippen LogP contribution is -2.35. The highest BCUT2D eigenvalue weighted by Gasteiger charge is 2.08. The highest BCUT2D eigenvalue weighted by atomic mass is 32.2. The Kier molecular flexibility index (Phi) is 6.58. The summed E-state index contributed by atoms with van der Waals surface area (Å²) in [6, 6.07) is 8.34. The van der Waals surface area contributed by atoms with Crippen molar-refractivity contribution in [2.45, 2.75) is 39.3 Å². The first-order valence-corrected chi connectivity index (χ1v) is 7.86. The van der Waals surface area contributed by atoms with Crippen LogP contribution in [0.15, 0.2) is 24.3 Å². The summed E-state index contributed by atoms with van der Waals surface area (Å²) in [5.74, 6) is 2.13. The maximum atomic E-state index is 5.74. The van der Waals surface area contributed by atoms with Gasteiger partial charge in [-0.1, -0.05) is 12.1 Å². The minimum absolute atomic E-state index is 0.148. The molecule has 0 heterocycles. The van der Waals surface area contributed by atoms with Crippen molar-refractivity contribution in [3.63, 3.8) is 0 Å². The van der Waals surface area contributed by atoms with Crippen molar-refractivity contribution in [2.75, 3.05) is 18.6 Å². The van der Waals surface area contributed by atoms with Crippen LogP contribution >= 0.6 is 11.8 Å². The van der Waals surface area contributed by atoms with Gasteiger partial charge in [0.2, 0.25) is 0 Å². The first kappa shape index (κ1) is 15.4. The van der Waals surface area contributed by atoms with Crippen molar-refractivity contribution in [3.05, 3.63) is 29.8 Å². The molecular weight excluding hydrogens is 242 g/mol. The van der Waals surface area contributed by atoms with Crippen LogP contribution in [-0.2, 0) is 6.54 Å². The van der Waals surface area contributed by atoms with Crippen LogP contribution in [0.3, 0.4) is 0 Å². The fraction of sp³-hybridized carbons (Fsp3) is 0.600. The topological polar surface area (TPSA) is 21.3 Å². The monoisotopic (exact) mass is 267 g/mol. The SMILES string of the molecule is CSCCCOc1cccc(CNC(C)(C)C)c1. The highest BCUT2D eigenvalue weighted by Crippen LogP contribution is 2.14. The molecule has 0 saturated carbocycles. The molecule has 3 heteroatoms. The smallest absolute Gasteiger partial charge is 0.119 e. The number of thioether (sulfide) groups is 1. The minimum atomic E-state index is 0.148. The van der Waals surface area contributed by atoms with E-state index in [0.717, 1.165) is 31.1 Å². The van der Waals surface area contributed by atoms with Gasteiger partial charge in [0.15, 0.2) is 0 Å². The Labute approximate surface area is 116 Å². The molecule has 0 unspecified atom stereocenters. The standard InChI is InChI=1S/C15H25NOS/c1-15(2,3)16-12-13-7-5-8-14(11-13)17-9-6-10-18-4/h5,7-8,11,16H,6,9-10,12H2,1-4H3. The number of rotatable bonds is 7. The highest BCUT2D eigenvalue weighted by molar-refractivity contribution is 7.98. The fourth-order valence-electron chi connectivity index (χ4n) is 1.51. The van der Waals surface area contributed by atoms with Crippen LogP contribution < -0.4 is 10.1 Å². The second kappa shape index (κ2) is 7.70. The summed E-state index contributed by atoms with van der Waals surface area (Å²) in [6.45, 7) is 8.21. The van der Waals surface area contributed by atoms with Crippen LogP contribution in [0.25, 0.3) is 0 Å². The quantitative estimate of drug-likeness (QED) is 0.761. The molecule has 1 N–H and O–H groups in total. The van der Waals surface area contributed by atoms with E-state index in [9.17, 15) is 0 Å². The van der Waals surface area contributed by atoms with E-state index in [4.69, 9.17) is 4.74 Å². The third-order valence-electron chi connectivity index (χ3n) is 2.48. The zero-order valence-electron chi connectivity index (χ0n) is 12.0. The summed E-state index contributed by atoms with van der Waals surface area (Å²) in [4.78, 5) is 0. The Bertz CT molecular complexity index is 347. The Morgan fingerprint density at radius 3 is 2.72 bits per heavy atom. The van der Waals surface area contributed by atoms with E-state index < -0.39 is 0 Å². The Morgan fingerprint density at radius 1 is 1.28 bits per heavy atom. The van der Waals surface area contributed by atoms with E-state index in [0.29, 0.717) is 0 Å². The summed E-state index contributed by atoms with van der Waals surface area (Å²) in [5, 5.41) is 3.48. The van der Waals surface area contributed by atoms with Crippen molar-refractivity contribution < 1.29 is 4.74 Å². The van der Waals surface area contributed by atoms with Crippen molar-refractivity contribution in [3.8, 4) is 5.75 Å². The van der Waals surface area contributed by atoms with E-state index in [1.807, 2.05) is 17.8 Å². The second-order valence-electron chi connectivity index (χ2n) is 5.45. The molecule has 1 aromatic rings. The van der Waals surface area contributed by atoms with Gasteiger partial charge in [0.05, 0.1) is 6.61 Å². The van der Waals surface area contributed by atoms with Gasteiger partial charge in [-0.05, 0) is 56.9 Å². The summed E-state index contributed by atoms with van der Waals surface area (Å²) < 4.78 is 5.74. The van der Waals surface area contributed by atoms with Crippen LogP contribution in [0.2, 0.25) is 0 Å². The van der Waals surface area contributed by atoms with Crippen LogP contribution in [0.5, 0.6) is 5.75 Å². The van der Waals surface area contributed by atoms with Gasteiger partial charge < -0.3 is 10.1 Å². The van der Waals surface area contributed by atoms with Crippen molar-refractivity contribution >= 4 is 11.8 Å². The Balaban J connectivity index is 2.41. The molecule has 0 saturated heterocycles. The zero-order chi connectivity index (χ0) is 13.4. The molecule has 0 bridgehead atoms. The molecule has 2 nitrogen and oxygen atoms in total. The van der Waals surface area contributed by atoms with Gasteiger partial charge in [0.25, 0.3) is 0 Å². The number of nitrogens with one attached hydrogen (secondary N) is 1. The lowest BCUT2D eigenvalue weighted by atomic mass is 10.1. The first-order chi connectivity index (χ1) is 8.51. The number of benzene rings is 1. The lowest BCUT2D eigenvalue weighted by Gasteiger charge is -2.20. The molecule has 0 atom stereocenters. The van der Waals surface area contributed by atoms with Gasteiger partial charge >= 0.3 is 0 Å².